The van der Waals surface area contributed by atoms with Crippen LogP contribution in [0.2, 0.25) is 0 Å². The number of nitrogens with one attached hydrogen (secondary N) is 1. The third-order valence-electron chi connectivity index (χ3n) is 4.31. The number of amides is 2. The molecule has 2 aromatic rings. The third kappa shape index (κ3) is 3.28. The van der Waals surface area contributed by atoms with Crippen LogP contribution in [-0.4, -0.2) is 28.8 Å². The topological polar surface area (TPSA) is 85.1 Å². The lowest BCUT2D eigenvalue weighted by Crippen LogP contribution is -2.65. The van der Waals surface area contributed by atoms with Gasteiger partial charge in [0.15, 0.2) is 11.6 Å². The van der Waals surface area contributed by atoms with Gasteiger partial charge in [0.25, 0.3) is 5.91 Å². The van der Waals surface area contributed by atoms with Crippen molar-refractivity contribution in [1.82, 2.24) is 10.3 Å². The van der Waals surface area contributed by atoms with Gasteiger partial charge in [-0.2, -0.15) is 0 Å². The van der Waals surface area contributed by atoms with Crippen molar-refractivity contribution < 1.29 is 27.2 Å². The van der Waals surface area contributed by atoms with E-state index in [2.05, 4.69) is 10.3 Å². The molecular weight excluding hydrogens is 374 g/mol. The zero-order chi connectivity index (χ0) is 19.1. The molecule has 0 spiro atoms. The standard InChI is InChI=1S/C16H13F4N3O2S/c17-9-2-1-7(3-10(9)18)14-22-11(6-26-14)13(24)23-16(15(21)25)4-8(5-16)12(19)20/h1-3,6,8,12H,4-5H2,(H2,21,25)(H,23,24). The monoisotopic (exact) mass is 387 g/mol. The van der Waals surface area contributed by atoms with Gasteiger partial charge in [-0.3, -0.25) is 9.59 Å². The molecule has 1 aromatic carbocycles. The number of hydrogen-bond donors (Lipinski definition) is 2. The largest absolute Gasteiger partial charge is 0.368 e. The quantitative estimate of drug-likeness (QED) is 0.774. The highest BCUT2D eigenvalue weighted by atomic mass is 32.1. The average molecular weight is 387 g/mol. The molecule has 0 saturated heterocycles. The van der Waals surface area contributed by atoms with Crippen molar-refractivity contribution in [2.75, 3.05) is 0 Å². The lowest BCUT2D eigenvalue weighted by atomic mass is 9.67. The van der Waals surface area contributed by atoms with E-state index in [1.165, 1.54) is 11.4 Å². The normalized spacial score (nSPS) is 22.1. The van der Waals surface area contributed by atoms with Gasteiger partial charge in [-0.05, 0) is 31.0 Å². The third-order valence-corrected chi connectivity index (χ3v) is 5.20. The van der Waals surface area contributed by atoms with E-state index in [0.717, 1.165) is 23.5 Å². The van der Waals surface area contributed by atoms with Crippen LogP contribution in [-0.2, 0) is 4.79 Å². The molecule has 26 heavy (non-hydrogen) atoms. The molecular formula is C16H13F4N3O2S. The van der Waals surface area contributed by atoms with Gasteiger partial charge in [-0.25, -0.2) is 22.5 Å². The van der Waals surface area contributed by atoms with Crippen molar-refractivity contribution in [3.63, 3.8) is 0 Å². The molecule has 0 aliphatic heterocycles. The lowest BCUT2D eigenvalue weighted by Gasteiger charge is -2.45. The summed E-state index contributed by atoms with van der Waals surface area (Å²) in [6.45, 7) is 0. The van der Waals surface area contributed by atoms with Crippen LogP contribution in [0.25, 0.3) is 10.6 Å². The highest BCUT2D eigenvalue weighted by Crippen LogP contribution is 2.41. The molecule has 0 radical (unpaired) electrons. The molecule has 1 aliphatic rings. The number of aromatic nitrogens is 1. The molecule has 0 atom stereocenters. The summed E-state index contributed by atoms with van der Waals surface area (Å²) >= 11 is 1.01. The van der Waals surface area contributed by atoms with Crippen molar-refractivity contribution >= 4 is 23.2 Å². The van der Waals surface area contributed by atoms with Crippen LogP contribution in [0.1, 0.15) is 23.3 Å². The number of thiazole rings is 1. The first-order valence-electron chi connectivity index (χ1n) is 7.53. The number of hydrogen-bond acceptors (Lipinski definition) is 4. The fourth-order valence-corrected chi connectivity index (χ4v) is 3.60. The highest BCUT2D eigenvalue weighted by Gasteiger charge is 2.53. The molecule has 0 unspecified atom stereocenters. The van der Waals surface area contributed by atoms with Crippen LogP contribution in [0.15, 0.2) is 23.6 Å². The Bertz CT molecular complexity index is 865. The highest BCUT2D eigenvalue weighted by molar-refractivity contribution is 7.13. The number of nitrogens with two attached hydrogens (primary N) is 1. The summed E-state index contributed by atoms with van der Waals surface area (Å²) in [7, 11) is 0. The second-order valence-electron chi connectivity index (χ2n) is 6.07. The maximum absolute atomic E-state index is 13.3. The number of rotatable bonds is 5. The average Bonchev–Trinajstić information content (AvgIpc) is 3.02. The van der Waals surface area contributed by atoms with E-state index in [1.54, 1.807) is 0 Å². The summed E-state index contributed by atoms with van der Waals surface area (Å²) < 4.78 is 51.6. The second kappa shape index (κ2) is 6.67. The van der Waals surface area contributed by atoms with Crippen molar-refractivity contribution in [3.05, 3.63) is 40.9 Å². The predicted octanol–water partition coefficient (Wildman–Crippen LogP) is 2.72. The summed E-state index contributed by atoms with van der Waals surface area (Å²) in [4.78, 5) is 27.9. The van der Waals surface area contributed by atoms with Crippen LogP contribution in [0.4, 0.5) is 17.6 Å². The van der Waals surface area contributed by atoms with Gasteiger partial charge < -0.3 is 11.1 Å². The first kappa shape index (κ1) is 18.3. The Morgan fingerprint density at radius 1 is 1.27 bits per heavy atom. The van der Waals surface area contributed by atoms with E-state index in [9.17, 15) is 27.2 Å². The van der Waals surface area contributed by atoms with E-state index in [1.807, 2.05) is 0 Å². The van der Waals surface area contributed by atoms with E-state index in [0.29, 0.717) is 0 Å². The summed E-state index contributed by atoms with van der Waals surface area (Å²) in [5.41, 5.74) is 3.93. The minimum absolute atomic E-state index is 0.0733. The van der Waals surface area contributed by atoms with E-state index in [-0.39, 0.29) is 29.1 Å². The fraction of sp³-hybridized carbons (Fsp3) is 0.312. The number of nitrogens with zero attached hydrogens (tertiary/aromatic N) is 1. The molecule has 1 aliphatic carbocycles. The zero-order valence-electron chi connectivity index (χ0n) is 13.1. The molecule has 1 aromatic heterocycles. The number of benzene rings is 1. The van der Waals surface area contributed by atoms with E-state index in [4.69, 9.17) is 5.73 Å². The van der Waals surface area contributed by atoms with Gasteiger partial charge in [-0.15, -0.1) is 11.3 Å². The molecule has 1 fully saturated rings. The Hall–Kier alpha value is -2.49. The molecule has 138 valence electrons. The van der Waals surface area contributed by atoms with Crippen LogP contribution in [0, 0.1) is 17.6 Å². The second-order valence-corrected chi connectivity index (χ2v) is 6.93. The van der Waals surface area contributed by atoms with Gasteiger partial charge in [0, 0.05) is 16.9 Å². The molecule has 3 N–H and O–H groups in total. The summed E-state index contributed by atoms with van der Waals surface area (Å²) in [6, 6.07) is 3.19. The number of carbonyl (C=O) groups is 2. The van der Waals surface area contributed by atoms with Crippen molar-refractivity contribution in [3.8, 4) is 10.6 Å². The maximum Gasteiger partial charge on any atom is 0.271 e. The Morgan fingerprint density at radius 3 is 2.54 bits per heavy atom. The minimum Gasteiger partial charge on any atom is -0.368 e. The first-order valence-corrected chi connectivity index (χ1v) is 8.41. The van der Waals surface area contributed by atoms with Crippen molar-refractivity contribution in [2.45, 2.75) is 24.8 Å². The van der Waals surface area contributed by atoms with Gasteiger partial charge >= 0.3 is 0 Å². The van der Waals surface area contributed by atoms with Gasteiger partial charge in [0.05, 0.1) is 0 Å². The maximum atomic E-state index is 13.3. The SMILES string of the molecule is NC(=O)C1(NC(=O)c2csc(-c3ccc(F)c(F)c3)n2)CC(C(F)F)C1. The number of primary amides is 1. The van der Waals surface area contributed by atoms with Gasteiger partial charge in [0.2, 0.25) is 12.3 Å². The van der Waals surface area contributed by atoms with Crippen LogP contribution >= 0.6 is 11.3 Å². The molecule has 10 heteroatoms. The van der Waals surface area contributed by atoms with Crippen LogP contribution in [0.3, 0.4) is 0 Å². The summed E-state index contributed by atoms with van der Waals surface area (Å²) in [5.74, 6) is -4.70. The minimum atomic E-state index is -2.60. The summed E-state index contributed by atoms with van der Waals surface area (Å²) in [5, 5.41) is 4.01. The van der Waals surface area contributed by atoms with E-state index < -0.39 is 41.3 Å². The van der Waals surface area contributed by atoms with Crippen molar-refractivity contribution in [1.29, 1.82) is 0 Å². The first-order chi connectivity index (χ1) is 12.2. The number of halogens is 4. The van der Waals surface area contributed by atoms with E-state index >= 15 is 0 Å². The van der Waals surface area contributed by atoms with Crippen LogP contribution in [0.5, 0.6) is 0 Å². The van der Waals surface area contributed by atoms with Crippen LogP contribution < -0.4 is 11.1 Å². The molecule has 5 nitrogen and oxygen atoms in total. The Morgan fingerprint density at radius 2 is 1.96 bits per heavy atom. The predicted molar refractivity (Wildman–Crippen MR) is 85.6 cm³/mol. The van der Waals surface area contributed by atoms with Gasteiger partial charge in [-0.1, -0.05) is 0 Å². The Kier molecular flexibility index (Phi) is 4.70. The number of carbonyl (C=O) groups excluding carboxylic acids is 2. The molecule has 3 rings (SSSR count). The molecule has 1 heterocycles. The lowest BCUT2D eigenvalue weighted by molar-refractivity contribution is -0.133. The zero-order valence-corrected chi connectivity index (χ0v) is 14.0. The van der Waals surface area contributed by atoms with Gasteiger partial charge in [0.1, 0.15) is 16.2 Å². The molecule has 0 bridgehead atoms. The smallest absolute Gasteiger partial charge is 0.271 e. The number of alkyl halides is 2. The Labute approximate surface area is 149 Å². The fourth-order valence-electron chi connectivity index (χ4n) is 2.80. The Balaban J connectivity index is 1.75. The van der Waals surface area contributed by atoms with Crippen molar-refractivity contribution in [2.24, 2.45) is 11.7 Å². The summed E-state index contributed by atoms with van der Waals surface area (Å²) in [6.07, 6.45) is -3.09. The molecule has 2 amide bonds. The molecule has 1 saturated carbocycles.